The number of nitrogens with one attached hydrogen (secondary N) is 1. The van der Waals surface area contributed by atoms with E-state index in [-0.39, 0.29) is 79.1 Å². The predicted molar refractivity (Wildman–Crippen MR) is 198 cm³/mol. The highest BCUT2D eigenvalue weighted by atomic mass is 32.2. The number of rotatable bonds is 13. The molecule has 2 N–H and O–H groups in total. The Bertz CT molecular complexity index is 1950. The van der Waals surface area contributed by atoms with Crippen LogP contribution in [0.3, 0.4) is 0 Å². The van der Waals surface area contributed by atoms with E-state index in [1.54, 1.807) is 6.07 Å². The summed E-state index contributed by atoms with van der Waals surface area (Å²) in [5.41, 5.74) is 3.59. The number of nitrogens with zero attached hydrogens (tertiary/aromatic N) is 2. The van der Waals surface area contributed by atoms with Crippen LogP contribution in [0.5, 0.6) is 23.0 Å². The SMILES string of the molecule is C=C1C[C@H]2C(C)Cc3cc(OCCP(=O)(CCC)CCOc4cc5c(cc4OC)C(=O)N4CC(=C)C[C@H]4C(S(=O)(=O)O)N5)c(OC)cc3C(=O)N2C1. The molecule has 52 heavy (non-hydrogen) atoms. The third-order valence-corrected chi connectivity index (χ3v) is 14.9. The number of hydrogen-bond donors (Lipinski definition) is 2. The van der Waals surface area contributed by atoms with Crippen molar-refractivity contribution in [3.05, 3.63) is 65.3 Å². The second kappa shape index (κ2) is 14.8. The maximum atomic E-state index is 14.2. The number of methoxy groups -OCH3 is 2. The van der Waals surface area contributed by atoms with Gasteiger partial charge < -0.3 is 38.6 Å². The lowest BCUT2D eigenvalue weighted by molar-refractivity contribution is 0.0710. The average Bonchev–Trinajstić information content (AvgIpc) is 3.63. The van der Waals surface area contributed by atoms with Crippen LogP contribution in [0, 0.1) is 5.92 Å². The lowest BCUT2D eigenvalue weighted by Gasteiger charge is -2.26. The molecule has 13 nitrogen and oxygen atoms in total. The van der Waals surface area contributed by atoms with Crippen LogP contribution in [0.4, 0.5) is 5.69 Å². The highest BCUT2D eigenvalue weighted by molar-refractivity contribution is 7.86. The number of ether oxygens (including phenoxy) is 4. The lowest BCUT2D eigenvalue weighted by Crippen LogP contribution is -2.47. The van der Waals surface area contributed by atoms with Gasteiger partial charge in [0.25, 0.3) is 21.9 Å². The van der Waals surface area contributed by atoms with Gasteiger partial charge in [-0.3, -0.25) is 14.1 Å². The van der Waals surface area contributed by atoms with Crippen molar-refractivity contribution in [2.24, 2.45) is 5.92 Å². The molecule has 2 amide bonds. The predicted octanol–water partition coefficient (Wildman–Crippen LogP) is 5.31. The minimum Gasteiger partial charge on any atom is -0.493 e. The number of hydrogen-bond acceptors (Lipinski definition) is 10. The van der Waals surface area contributed by atoms with E-state index in [1.165, 1.54) is 31.3 Å². The molecular formula is C37H48N3O10PS. The molecule has 0 bridgehead atoms. The molecule has 0 saturated carbocycles. The second-order valence-corrected chi connectivity index (χ2v) is 19.3. The first-order valence-electron chi connectivity index (χ1n) is 17.6. The Morgan fingerprint density at radius 1 is 0.827 bits per heavy atom. The number of fused-ring (bicyclic) bond motifs is 4. The first kappa shape index (κ1) is 37.7. The molecule has 282 valence electrons. The van der Waals surface area contributed by atoms with Crippen LogP contribution >= 0.6 is 7.14 Å². The molecule has 6 rings (SSSR count). The van der Waals surface area contributed by atoms with Gasteiger partial charge >= 0.3 is 0 Å². The van der Waals surface area contributed by atoms with Crippen molar-refractivity contribution < 1.29 is 46.1 Å². The molecule has 0 radical (unpaired) electrons. The van der Waals surface area contributed by atoms with Crippen LogP contribution in [0.25, 0.3) is 0 Å². The van der Waals surface area contributed by atoms with Crippen molar-refractivity contribution in [1.29, 1.82) is 0 Å². The van der Waals surface area contributed by atoms with Crippen LogP contribution in [-0.4, -0.2) is 111 Å². The van der Waals surface area contributed by atoms with E-state index in [1.807, 2.05) is 17.9 Å². The summed E-state index contributed by atoms with van der Waals surface area (Å²) in [6, 6.07) is 5.86. The Kier molecular flexibility index (Phi) is 10.7. The Labute approximate surface area is 305 Å². The van der Waals surface area contributed by atoms with E-state index in [2.05, 4.69) is 25.4 Å². The highest BCUT2D eigenvalue weighted by Crippen LogP contribution is 2.47. The topological polar surface area (TPSA) is 161 Å². The fourth-order valence-corrected chi connectivity index (χ4v) is 11.2. The van der Waals surface area contributed by atoms with Crippen molar-refractivity contribution >= 4 is 34.8 Å². The zero-order valence-electron chi connectivity index (χ0n) is 30.2. The molecule has 2 fully saturated rings. The fraction of sp³-hybridized carbons (Fsp3) is 0.514. The normalized spacial score (nSPS) is 23.8. The zero-order chi connectivity index (χ0) is 37.5. The average molecular weight is 758 g/mol. The van der Waals surface area contributed by atoms with Crippen molar-refractivity contribution in [3.8, 4) is 23.0 Å². The van der Waals surface area contributed by atoms with Gasteiger partial charge in [0.05, 0.1) is 51.9 Å². The Morgan fingerprint density at radius 3 is 1.94 bits per heavy atom. The van der Waals surface area contributed by atoms with E-state index >= 15 is 0 Å². The third kappa shape index (κ3) is 7.43. The maximum Gasteiger partial charge on any atom is 0.288 e. The first-order valence-corrected chi connectivity index (χ1v) is 21.4. The maximum absolute atomic E-state index is 14.2. The molecule has 0 spiro atoms. The summed E-state index contributed by atoms with van der Waals surface area (Å²) < 4.78 is 72.6. The van der Waals surface area contributed by atoms with E-state index < -0.39 is 34.6 Å². The van der Waals surface area contributed by atoms with E-state index in [9.17, 15) is 27.1 Å². The smallest absolute Gasteiger partial charge is 0.288 e. The summed E-state index contributed by atoms with van der Waals surface area (Å²) in [5, 5.41) is 1.38. The van der Waals surface area contributed by atoms with Gasteiger partial charge in [0, 0.05) is 49.2 Å². The number of amides is 2. The molecule has 4 aliphatic heterocycles. The van der Waals surface area contributed by atoms with Crippen LogP contribution in [0.15, 0.2) is 48.6 Å². The summed E-state index contributed by atoms with van der Waals surface area (Å²) >= 11 is 0. The molecule has 0 aromatic heterocycles. The molecule has 0 aliphatic carbocycles. The fourth-order valence-electron chi connectivity index (χ4n) is 7.95. The molecule has 4 aliphatic rings. The number of benzene rings is 2. The summed E-state index contributed by atoms with van der Waals surface area (Å²) in [7, 11) is -4.45. The number of anilines is 1. The monoisotopic (exact) mass is 757 g/mol. The molecule has 4 heterocycles. The first-order chi connectivity index (χ1) is 24.7. The Balaban J connectivity index is 1.14. The molecule has 5 atom stereocenters. The molecule has 15 heteroatoms. The summed E-state index contributed by atoms with van der Waals surface area (Å²) in [6.07, 6.45) is 3.43. The van der Waals surface area contributed by atoms with Gasteiger partial charge in [0.2, 0.25) is 0 Å². The molecule has 2 saturated heterocycles. The van der Waals surface area contributed by atoms with Gasteiger partial charge in [-0.2, -0.15) is 8.42 Å². The van der Waals surface area contributed by atoms with Gasteiger partial charge in [0.15, 0.2) is 28.4 Å². The van der Waals surface area contributed by atoms with Gasteiger partial charge in [-0.1, -0.05) is 38.2 Å². The van der Waals surface area contributed by atoms with Gasteiger partial charge in [-0.05, 0) is 55.4 Å². The molecular weight excluding hydrogens is 709 g/mol. The zero-order valence-corrected chi connectivity index (χ0v) is 31.9. The number of carbonyl (C=O) groups excluding carboxylic acids is 2. The lowest BCUT2D eigenvalue weighted by atomic mass is 9.91. The molecule has 2 aromatic carbocycles. The van der Waals surface area contributed by atoms with Crippen LogP contribution < -0.4 is 24.3 Å². The second-order valence-electron chi connectivity index (χ2n) is 14.3. The van der Waals surface area contributed by atoms with Crippen molar-refractivity contribution in [2.75, 3.05) is 64.3 Å². The summed E-state index contributed by atoms with van der Waals surface area (Å²) in [5.74, 6) is 1.20. The van der Waals surface area contributed by atoms with E-state index in [0.717, 1.165) is 17.6 Å². The standard InChI is InChI=1S/C37H48N3O10PS/c1-7-10-51(43,11-8-49-33-16-25-15-24(4)29-13-22(2)20-39(29)36(41)26(25)17-31(33)47-5)12-9-50-34-19-28-27(18-32(34)48-6)37(42)40-21-23(3)14-30(40)35(38-28)52(44,45)46/h16-19,24,29-30,35,38H,2-3,7-15,20-21H2,1,4-6H3,(H,44,45,46)/t24?,29-,30-,35?,51?/m0/s1. The Morgan fingerprint density at radius 2 is 1.37 bits per heavy atom. The minimum absolute atomic E-state index is 0.0290. The van der Waals surface area contributed by atoms with Crippen LogP contribution in [-0.2, 0) is 21.1 Å². The summed E-state index contributed by atoms with van der Waals surface area (Å²) in [4.78, 5) is 30.4. The minimum atomic E-state index is -4.61. The Hall–Kier alpha value is -4.00. The van der Waals surface area contributed by atoms with Crippen LogP contribution in [0.2, 0.25) is 0 Å². The quantitative estimate of drug-likeness (QED) is 0.155. The van der Waals surface area contributed by atoms with Crippen molar-refractivity contribution in [2.45, 2.75) is 57.0 Å². The van der Waals surface area contributed by atoms with Gasteiger partial charge in [-0.25, -0.2) is 0 Å². The van der Waals surface area contributed by atoms with Crippen molar-refractivity contribution in [3.63, 3.8) is 0 Å². The third-order valence-electron chi connectivity index (χ3n) is 10.6. The highest BCUT2D eigenvalue weighted by Gasteiger charge is 2.46. The van der Waals surface area contributed by atoms with Gasteiger partial charge in [-0.15, -0.1) is 0 Å². The van der Waals surface area contributed by atoms with E-state index in [4.69, 9.17) is 18.9 Å². The van der Waals surface area contributed by atoms with Gasteiger partial charge in [0.1, 0.15) is 0 Å². The molecule has 3 unspecified atom stereocenters. The van der Waals surface area contributed by atoms with E-state index in [0.29, 0.717) is 48.2 Å². The molecule has 2 aromatic rings. The van der Waals surface area contributed by atoms with Crippen molar-refractivity contribution in [1.82, 2.24) is 9.80 Å². The summed E-state index contributed by atoms with van der Waals surface area (Å²) in [6.45, 7) is 13.1. The number of carbonyl (C=O) groups is 2. The van der Waals surface area contributed by atoms with Crippen LogP contribution in [0.1, 0.15) is 59.4 Å². The largest absolute Gasteiger partial charge is 0.493 e.